The van der Waals surface area contributed by atoms with Crippen LogP contribution in [0, 0.1) is 18.8 Å². The smallest absolute Gasteiger partial charge is 0.289 e. The first kappa shape index (κ1) is 33.4. The van der Waals surface area contributed by atoms with Crippen LogP contribution < -0.4 is 19.3 Å². The summed E-state index contributed by atoms with van der Waals surface area (Å²) in [6.07, 6.45) is 0. The first-order chi connectivity index (χ1) is 25.2. The molecule has 4 unspecified atom stereocenters. The van der Waals surface area contributed by atoms with E-state index in [2.05, 4.69) is 0 Å². The van der Waals surface area contributed by atoms with E-state index in [1.54, 1.807) is 24.3 Å². The van der Waals surface area contributed by atoms with Gasteiger partial charge in [0.05, 0.1) is 5.30 Å². The van der Waals surface area contributed by atoms with E-state index < -0.39 is 18.9 Å². The van der Waals surface area contributed by atoms with E-state index in [1.165, 1.54) is 0 Å². The number of para-hydroxylation sites is 1. The fraction of sp³-hybridized carbons (Fsp3) is 0.156. The second kappa shape index (κ2) is 13.4. The number of Topliss-reactive ketones (excluding diaryl/α,β-unsaturated/α-hetero) is 2. The van der Waals surface area contributed by atoms with Crippen LogP contribution in [0.3, 0.4) is 0 Å². The third-order valence-electron chi connectivity index (χ3n) is 10.3. The molecule has 258 valence electrons. The van der Waals surface area contributed by atoms with E-state index in [1.807, 2.05) is 142 Å². The van der Waals surface area contributed by atoms with Gasteiger partial charge in [0.15, 0.2) is 11.6 Å². The molecule has 2 aliphatic rings. The SMILES string of the molecule is Cc1ccc(Oc2ccc(C(c3ccc(Oc4ccc(C5C(=O)C(C)C(C)C5=O)cc4)cc3)P3(=O)Oc4ccccc4-c4ccccc43)cc2)cc1. The number of carbonyl (C=O) groups is 2. The lowest BCUT2D eigenvalue weighted by atomic mass is 9.94. The molecule has 0 aromatic heterocycles. The van der Waals surface area contributed by atoms with Crippen LogP contribution in [0.25, 0.3) is 11.1 Å². The van der Waals surface area contributed by atoms with Crippen LogP contribution in [0.5, 0.6) is 28.7 Å². The number of ether oxygens (including phenoxy) is 2. The van der Waals surface area contributed by atoms with Gasteiger partial charge in [0, 0.05) is 17.4 Å². The van der Waals surface area contributed by atoms with Crippen LogP contribution in [0.4, 0.5) is 0 Å². The Kier molecular flexibility index (Phi) is 8.64. The van der Waals surface area contributed by atoms with Crippen LogP contribution in [-0.4, -0.2) is 11.6 Å². The predicted molar refractivity (Wildman–Crippen MR) is 203 cm³/mol. The highest BCUT2D eigenvalue weighted by molar-refractivity contribution is 7.68. The fourth-order valence-corrected chi connectivity index (χ4v) is 10.1. The van der Waals surface area contributed by atoms with Crippen molar-refractivity contribution in [1.82, 2.24) is 0 Å². The molecule has 0 N–H and O–H groups in total. The average molecular weight is 705 g/mol. The summed E-state index contributed by atoms with van der Waals surface area (Å²) in [6, 6.07) is 45.8. The minimum absolute atomic E-state index is 0.0308. The molecule has 1 saturated carbocycles. The van der Waals surface area contributed by atoms with Crippen LogP contribution in [-0.2, 0) is 14.2 Å². The van der Waals surface area contributed by atoms with Crippen LogP contribution >= 0.6 is 7.37 Å². The van der Waals surface area contributed by atoms with Crippen molar-refractivity contribution in [3.05, 3.63) is 168 Å². The quantitative estimate of drug-likeness (QED) is 0.116. The monoisotopic (exact) mass is 704 g/mol. The van der Waals surface area contributed by atoms with E-state index >= 15 is 4.57 Å². The average Bonchev–Trinajstić information content (AvgIpc) is 3.36. The number of aryl methyl sites for hydroxylation is 1. The van der Waals surface area contributed by atoms with Gasteiger partial charge in [-0.05, 0) is 89.8 Å². The number of rotatable bonds is 8. The Labute approximate surface area is 303 Å². The van der Waals surface area contributed by atoms with E-state index in [0.29, 0.717) is 33.9 Å². The number of hydrogen-bond acceptors (Lipinski definition) is 6. The summed E-state index contributed by atoms with van der Waals surface area (Å²) in [5.74, 6) is 1.80. The zero-order valence-corrected chi connectivity index (χ0v) is 30.0. The Morgan fingerprint density at radius 2 is 1.00 bits per heavy atom. The molecule has 8 rings (SSSR count). The van der Waals surface area contributed by atoms with Crippen molar-refractivity contribution < 1.29 is 28.2 Å². The summed E-state index contributed by atoms with van der Waals surface area (Å²) in [5, 5.41) is 0.669. The van der Waals surface area contributed by atoms with Crippen LogP contribution in [0.1, 0.15) is 47.7 Å². The molecular weight excluding hydrogens is 667 g/mol. The predicted octanol–water partition coefficient (Wildman–Crippen LogP) is 10.8. The van der Waals surface area contributed by atoms with Crippen LogP contribution in [0.15, 0.2) is 146 Å². The summed E-state index contributed by atoms with van der Waals surface area (Å²) >= 11 is 0. The molecular formula is C45H37O6P. The normalized spacial score (nSPS) is 21.1. The topological polar surface area (TPSA) is 78.9 Å². The number of carbonyl (C=O) groups excluding carboxylic acids is 2. The Bertz CT molecular complexity index is 2310. The Hall–Kier alpha value is -5.71. The zero-order valence-electron chi connectivity index (χ0n) is 29.1. The van der Waals surface area contributed by atoms with Gasteiger partial charge in [0.25, 0.3) is 7.37 Å². The van der Waals surface area contributed by atoms with Crippen molar-refractivity contribution in [2.24, 2.45) is 11.8 Å². The van der Waals surface area contributed by atoms with E-state index in [-0.39, 0.29) is 23.4 Å². The Balaban J connectivity index is 1.12. The molecule has 0 amide bonds. The number of fused-ring (bicyclic) bond motifs is 3. The molecule has 1 heterocycles. The second-order valence-corrected chi connectivity index (χ2v) is 16.0. The van der Waals surface area contributed by atoms with Gasteiger partial charge in [-0.15, -0.1) is 0 Å². The van der Waals surface area contributed by atoms with Gasteiger partial charge in [-0.2, -0.15) is 0 Å². The standard InChI is InChI=1S/C45H37O6P/c1-28-12-20-34(21-13-28)49-36-24-16-32(17-25-36)45(52(48)41-11-7-5-9-39(41)38-8-4-6-10-40(38)51-52)33-18-26-37(27-19-33)50-35-22-14-31(15-23-35)42-43(46)29(2)30(3)44(42)47/h4-27,29-30,42,45H,1-3H3. The minimum Gasteiger partial charge on any atom is -0.457 e. The maximum Gasteiger partial charge on any atom is 0.289 e. The molecule has 0 spiro atoms. The summed E-state index contributed by atoms with van der Waals surface area (Å²) in [4.78, 5) is 25.5. The molecule has 6 aromatic carbocycles. The molecule has 4 atom stereocenters. The maximum atomic E-state index is 15.6. The molecule has 7 heteroatoms. The fourth-order valence-electron chi connectivity index (χ4n) is 7.24. The molecule has 6 aromatic rings. The van der Waals surface area contributed by atoms with Crippen molar-refractivity contribution in [3.63, 3.8) is 0 Å². The van der Waals surface area contributed by atoms with Crippen molar-refractivity contribution in [2.75, 3.05) is 0 Å². The molecule has 0 bridgehead atoms. The molecule has 1 aliphatic heterocycles. The van der Waals surface area contributed by atoms with Crippen LogP contribution in [0.2, 0.25) is 0 Å². The van der Waals surface area contributed by atoms with Gasteiger partial charge in [-0.1, -0.05) is 104 Å². The summed E-state index contributed by atoms with van der Waals surface area (Å²) in [5.41, 5.74) is 4.61. The molecule has 1 aliphatic carbocycles. The molecule has 1 fully saturated rings. The summed E-state index contributed by atoms with van der Waals surface area (Å²) < 4.78 is 34.5. The first-order valence-corrected chi connectivity index (χ1v) is 19.2. The lowest BCUT2D eigenvalue weighted by molar-refractivity contribution is -0.125. The highest BCUT2D eigenvalue weighted by Crippen LogP contribution is 2.65. The lowest BCUT2D eigenvalue weighted by Crippen LogP contribution is -2.22. The van der Waals surface area contributed by atoms with Crippen molar-refractivity contribution in [2.45, 2.75) is 32.3 Å². The molecule has 0 saturated heterocycles. The number of hydrogen-bond donors (Lipinski definition) is 0. The van der Waals surface area contributed by atoms with Crippen molar-refractivity contribution in [3.8, 4) is 39.9 Å². The van der Waals surface area contributed by atoms with Gasteiger partial charge in [-0.3, -0.25) is 14.2 Å². The Morgan fingerprint density at radius 3 is 1.54 bits per heavy atom. The minimum atomic E-state index is -3.63. The van der Waals surface area contributed by atoms with Gasteiger partial charge >= 0.3 is 0 Å². The zero-order chi connectivity index (χ0) is 36.0. The van der Waals surface area contributed by atoms with Gasteiger partial charge in [0.1, 0.15) is 40.3 Å². The Morgan fingerprint density at radius 1 is 0.558 bits per heavy atom. The van der Waals surface area contributed by atoms with Gasteiger partial charge in [0.2, 0.25) is 0 Å². The lowest BCUT2D eigenvalue weighted by Gasteiger charge is -2.34. The molecule has 0 radical (unpaired) electrons. The summed E-state index contributed by atoms with van der Waals surface area (Å²) in [7, 11) is -3.63. The maximum absolute atomic E-state index is 15.6. The number of benzene rings is 6. The van der Waals surface area contributed by atoms with Gasteiger partial charge in [-0.25, -0.2) is 0 Å². The summed E-state index contributed by atoms with van der Waals surface area (Å²) in [6.45, 7) is 5.68. The van der Waals surface area contributed by atoms with Gasteiger partial charge < -0.3 is 14.0 Å². The highest BCUT2D eigenvalue weighted by atomic mass is 31.2. The molecule has 52 heavy (non-hydrogen) atoms. The van der Waals surface area contributed by atoms with Crippen molar-refractivity contribution >= 4 is 24.2 Å². The van der Waals surface area contributed by atoms with Crippen molar-refractivity contribution in [1.29, 1.82) is 0 Å². The highest BCUT2D eigenvalue weighted by Gasteiger charge is 2.46. The third kappa shape index (κ3) is 6.03. The number of ketones is 2. The van der Waals surface area contributed by atoms with E-state index in [0.717, 1.165) is 33.6 Å². The molecule has 6 nitrogen and oxygen atoms in total. The second-order valence-electron chi connectivity index (χ2n) is 13.6. The largest absolute Gasteiger partial charge is 0.457 e. The first-order valence-electron chi connectivity index (χ1n) is 17.5. The third-order valence-corrected chi connectivity index (χ3v) is 13.1. The van der Waals surface area contributed by atoms with E-state index in [9.17, 15) is 9.59 Å². The van der Waals surface area contributed by atoms with E-state index in [4.69, 9.17) is 14.0 Å².